The quantitative estimate of drug-likeness (QED) is 0.412. The SMILES string of the molecule is COC(=O)N1[C@H](C)C[C@H](N(Cc2ccc(OC)cc2)S(C)(=O)=O)[C@@H]1COC1CCC(c2cc(F)cc(F)c2)CC1. The molecule has 2 aliphatic rings. The second kappa shape index (κ2) is 12.8. The summed E-state index contributed by atoms with van der Waals surface area (Å²) in [7, 11) is -0.781. The third-order valence-corrected chi connectivity index (χ3v) is 9.32. The number of halogens is 2. The van der Waals surface area contributed by atoms with Gasteiger partial charge < -0.3 is 14.2 Å². The standard InChI is InChI=1S/C29H38F2N2O6S/c1-19-13-27(32(40(4,35)36)17-20-5-9-25(37-2)10-6-20)28(33(19)29(34)38-3)18-39-26-11-7-21(8-12-26)22-14-23(30)16-24(31)15-22/h5-6,9-10,14-16,19,21,26-28H,7-8,11-13,17-18H2,1-4H3/t19-,21?,26?,27+,28+/m1/s1. The Kier molecular flexibility index (Phi) is 9.68. The molecule has 11 heteroatoms. The topological polar surface area (TPSA) is 85.4 Å². The first-order valence-corrected chi connectivity index (χ1v) is 15.4. The lowest BCUT2D eigenvalue weighted by atomic mass is 9.82. The van der Waals surface area contributed by atoms with Crippen LogP contribution in [0.15, 0.2) is 42.5 Å². The first kappa shape index (κ1) is 30.2. The van der Waals surface area contributed by atoms with Gasteiger partial charge in [-0.2, -0.15) is 4.31 Å². The van der Waals surface area contributed by atoms with Gasteiger partial charge in [0.25, 0.3) is 0 Å². The van der Waals surface area contributed by atoms with Crippen molar-refractivity contribution in [1.82, 2.24) is 9.21 Å². The lowest BCUT2D eigenvalue weighted by molar-refractivity contribution is -0.0139. The van der Waals surface area contributed by atoms with Crippen molar-refractivity contribution in [3.63, 3.8) is 0 Å². The molecule has 40 heavy (non-hydrogen) atoms. The Labute approximate surface area is 235 Å². The maximum absolute atomic E-state index is 13.7. The van der Waals surface area contributed by atoms with Crippen molar-refractivity contribution in [2.75, 3.05) is 27.1 Å². The van der Waals surface area contributed by atoms with E-state index in [-0.39, 0.29) is 31.2 Å². The minimum atomic E-state index is -3.66. The van der Waals surface area contributed by atoms with Gasteiger partial charge in [-0.25, -0.2) is 22.0 Å². The molecule has 0 radical (unpaired) electrons. The van der Waals surface area contributed by atoms with Gasteiger partial charge in [0.1, 0.15) is 17.4 Å². The van der Waals surface area contributed by atoms with Gasteiger partial charge in [-0.15, -0.1) is 0 Å². The zero-order chi connectivity index (χ0) is 29.0. The smallest absolute Gasteiger partial charge is 0.410 e. The number of nitrogens with zero attached hydrogens (tertiary/aromatic N) is 2. The second-order valence-corrected chi connectivity index (χ2v) is 12.7. The molecule has 0 unspecified atom stereocenters. The highest BCUT2D eigenvalue weighted by Crippen LogP contribution is 2.36. The molecular formula is C29H38F2N2O6S. The largest absolute Gasteiger partial charge is 0.497 e. The minimum Gasteiger partial charge on any atom is -0.497 e. The molecule has 2 aromatic rings. The van der Waals surface area contributed by atoms with E-state index in [0.29, 0.717) is 43.4 Å². The normalized spacial score (nSPS) is 25.3. The van der Waals surface area contributed by atoms with Crippen LogP contribution in [0.5, 0.6) is 5.75 Å². The van der Waals surface area contributed by atoms with Gasteiger partial charge in [-0.3, -0.25) is 4.90 Å². The van der Waals surface area contributed by atoms with E-state index in [2.05, 4.69) is 0 Å². The summed E-state index contributed by atoms with van der Waals surface area (Å²) in [5, 5.41) is 0. The van der Waals surface area contributed by atoms with Gasteiger partial charge in [-0.05, 0) is 80.3 Å². The van der Waals surface area contributed by atoms with E-state index in [0.717, 1.165) is 11.6 Å². The van der Waals surface area contributed by atoms with E-state index in [1.807, 2.05) is 19.1 Å². The van der Waals surface area contributed by atoms with Crippen molar-refractivity contribution in [2.24, 2.45) is 0 Å². The van der Waals surface area contributed by atoms with Crippen LogP contribution in [0, 0.1) is 11.6 Å². The highest BCUT2D eigenvalue weighted by molar-refractivity contribution is 7.88. The van der Waals surface area contributed by atoms with Gasteiger partial charge >= 0.3 is 6.09 Å². The maximum Gasteiger partial charge on any atom is 0.410 e. The fraction of sp³-hybridized carbons (Fsp3) is 0.552. The number of methoxy groups -OCH3 is 2. The van der Waals surface area contributed by atoms with Crippen LogP contribution in [0.4, 0.5) is 13.6 Å². The summed E-state index contributed by atoms with van der Waals surface area (Å²) in [6.07, 6.45) is 3.78. The van der Waals surface area contributed by atoms with Crippen LogP contribution in [-0.4, -0.2) is 75.0 Å². The molecule has 1 saturated carbocycles. The molecule has 0 spiro atoms. The van der Waals surface area contributed by atoms with Crippen LogP contribution in [0.3, 0.4) is 0 Å². The van der Waals surface area contributed by atoms with E-state index >= 15 is 0 Å². The number of ether oxygens (including phenoxy) is 3. The van der Waals surface area contributed by atoms with Crippen LogP contribution in [0.1, 0.15) is 56.1 Å². The van der Waals surface area contributed by atoms with Crippen molar-refractivity contribution in [3.05, 3.63) is 65.2 Å². The Balaban J connectivity index is 1.48. The Bertz CT molecular complexity index is 1250. The van der Waals surface area contributed by atoms with E-state index in [9.17, 15) is 22.0 Å². The molecule has 1 amide bonds. The number of rotatable bonds is 9. The van der Waals surface area contributed by atoms with Gasteiger partial charge in [-0.1, -0.05) is 12.1 Å². The molecule has 4 rings (SSSR count). The summed E-state index contributed by atoms with van der Waals surface area (Å²) in [5.74, 6) is -0.448. The molecule has 3 atom stereocenters. The average Bonchev–Trinajstić information content (AvgIpc) is 3.24. The van der Waals surface area contributed by atoms with Gasteiger partial charge in [0.15, 0.2) is 0 Å². The van der Waals surface area contributed by atoms with E-state index in [1.54, 1.807) is 24.1 Å². The number of hydrogen-bond acceptors (Lipinski definition) is 6. The molecule has 1 aliphatic heterocycles. The first-order chi connectivity index (χ1) is 19.0. The molecular weight excluding hydrogens is 542 g/mol. The Hall–Kier alpha value is -2.76. The number of likely N-dealkylation sites (tertiary alicyclic amines) is 1. The van der Waals surface area contributed by atoms with Crippen LogP contribution < -0.4 is 4.74 Å². The van der Waals surface area contributed by atoms with Crippen molar-refractivity contribution in [1.29, 1.82) is 0 Å². The molecule has 1 saturated heterocycles. The second-order valence-electron chi connectivity index (χ2n) is 10.8. The number of sulfonamides is 1. The minimum absolute atomic E-state index is 0.0427. The number of hydrogen-bond donors (Lipinski definition) is 0. The predicted molar refractivity (Wildman–Crippen MR) is 147 cm³/mol. The summed E-state index contributed by atoms with van der Waals surface area (Å²) in [6, 6.07) is 9.52. The molecule has 1 heterocycles. The number of carbonyl (C=O) groups is 1. The summed E-state index contributed by atoms with van der Waals surface area (Å²) >= 11 is 0. The third kappa shape index (κ3) is 7.11. The maximum atomic E-state index is 13.7. The zero-order valence-electron chi connectivity index (χ0n) is 23.4. The van der Waals surface area contributed by atoms with E-state index < -0.39 is 39.8 Å². The number of benzene rings is 2. The predicted octanol–water partition coefficient (Wildman–Crippen LogP) is 5.08. The van der Waals surface area contributed by atoms with E-state index in [1.165, 1.54) is 29.8 Å². The molecule has 2 fully saturated rings. The average molecular weight is 581 g/mol. The molecule has 2 aromatic carbocycles. The Morgan fingerprint density at radius 1 is 1.02 bits per heavy atom. The summed E-state index contributed by atoms with van der Waals surface area (Å²) in [6.45, 7) is 2.16. The van der Waals surface area contributed by atoms with Crippen molar-refractivity contribution >= 4 is 16.1 Å². The van der Waals surface area contributed by atoms with Crippen molar-refractivity contribution < 1.29 is 36.2 Å². The van der Waals surface area contributed by atoms with Crippen LogP contribution in [0.2, 0.25) is 0 Å². The van der Waals surface area contributed by atoms with Gasteiger partial charge in [0.2, 0.25) is 10.0 Å². The molecule has 0 bridgehead atoms. The molecule has 0 aromatic heterocycles. The number of amides is 1. The van der Waals surface area contributed by atoms with Gasteiger partial charge in [0, 0.05) is 24.7 Å². The fourth-order valence-electron chi connectivity index (χ4n) is 6.05. The lowest BCUT2D eigenvalue weighted by Gasteiger charge is -2.36. The number of carbonyl (C=O) groups excluding carboxylic acids is 1. The Morgan fingerprint density at radius 2 is 1.65 bits per heavy atom. The molecule has 220 valence electrons. The lowest BCUT2D eigenvalue weighted by Crippen LogP contribution is -2.51. The first-order valence-electron chi connectivity index (χ1n) is 13.5. The molecule has 8 nitrogen and oxygen atoms in total. The molecule has 0 N–H and O–H groups in total. The fourth-order valence-corrected chi connectivity index (χ4v) is 7.16. The summed E-state index contributed by atoms with van der Waals surface area (Å²) < 4.78 is 71.5. The van der Waals surface area contributed by atoms with Crippen molar-refractivity contribution in [2.45, 2.75) is 75.7 Å². The highest BCUT2D eigenvalue weighted by Gasteiger charge is 2.47. The zero-order valence-corrected chi connectivity index (χ0v) is 24.2. The Morgan fingerprint density at radius 3 is 2.20 bits per heavy atom. The van der Waals surface area contributed by atoms with Gasteiger partial charge in [0.05, 0.1) is 39.2 Å². The highest BCUT2D eigenvalue weighted by atomic mass is 32.2. The third-order valence-electron chi connectivity index (χ3n) is 8.07. The summed E-state index contributed by atoms with van der Waals surface area (Å²) in [5.41, 5.74) is 1.45. The summed E-state index contributed by atoms with van der Waals surface area (Å²) in [4.78, 5) is 14.4. The van der Waals surface area contributed by atoms with Crippen LogP contribution >= 0.6 is 0 Å². The van der Waals surface area contributed by atoms with E-state index in [4.69, 9.17) is 14.2 Å². The monoisotopic (exact) mass is 580 g/mol. The van der Waals surface area contributed by atoms with Crippen LogP contribution in [-0.2, 0) is 26.0 Å². The van der Waals surface area contributed by atoms with Crippen molar-refractivity contribution in [3.8, 4) is 5.75 Å². The van der Waals surface area contributed by atoms with Crippen LogP contribution in [0.25, 0.3) is 0 Å². The molecule has 1 aliphatic carbocycles.